The molecule has 0 aromatic heterocycles. The van der Waals surface area contributed by atoms with Gasteiger partial charge in [0.15, 0.2) is 0 Å². The summed E-state index contributed by atoms with van der Waals surface area (Å²) in [5.74, 6) is 1.40. The van der Waals surface area contributed by atoms with Crippen molar-refractivity contribution in [2.75, 3.05) is 0 Å². The van der Waals surface area contributed by atoms with E-state index < -0.39 is 0 Å². The van der Waals surface area contributed by atoms with Crippen molar-refractivity contribution in [1.29, 1.82) is 0 Å². The van der Waals surface area contributed by atoms with E-state index in [1.807, 2.05) is 31.2 Å². The van der Waals surface area contributed by atoms with E-state index in [-0.39, 0.29) is 10.8 Å². The van der Waals surface area contributed by atoms with Crippen molar-refractivity contribution in [3.63, 3.8) is 0 Å². The molecule has 0 heterocycles. The summed E-state index contributed by atoms with van der Waals surface area (Å²) in [6, 6.07) is 12.5. The van der Waals surface area contributed by atoms with Crippen LogP contribution in [0.5, 0.6) is 17.2 Å². The molecule has 3 heteroatoms. The molecule has 0 fully saturated rings. The minimum absolute atomic E-state index is 0.0536. The van der Waals surface area contributed by atoms with Crippen LogP contribution >= 0.6 is 11.6 Å². The second-order valence-corrected chi connectivity index (χ2v) is 3.94. The summed E-state index contributed by atoms with van der Waals surface area (Å²) in [6.07, 6.45) is 0. The Balaban J connectivity index is 2.20. The number of hydrogen-bond donors (Lipinski definition) is 1. The molecular formula is C13H11ClO2. The zero-order valence-electron chi connectivity index (χ0n) is 8.77. The second kappa shape index (κ2) is 4.45. The molecule has 2 aromatic carbocycles. The standard InChI is InChI=1S/C13H11ClO2/c1-9-2-4-10(5-3-9)16-11-6-7-13(15)12(14)8-11/h2-8,15H,1H3. The maximum absolute atomic E-state index is 9.26. The first kappa shape index (κ1) is 10.8. The third kappa shape index (κ3) is 2.47. The molecule has 0 amide bonds. The van der Waals surface area contributed by atoms with Gasteiger partial charge in [-0.15, -0.1) is 0 Å². The molecular weight excluding hydrogens is 224 g/mol. The number of halogens is 1. The van der Waals surface area contributed by atoms with Gasteiger partial charge < -0.3 is 9.84 Å². The Kier molecular flexibility index (Phi) is 3.02. The van der Waals surface area contributed by atoms with Crippen LogP contribution in [0.4, 0.5) is 0 Å². The van der Waals surface area contributed by atoms with Gasteiger partial charge in [0.05, 0.1) is 5.02 Å². The minimum Gasteiger partial charge on any atom is -0.506 e. The van der Waals surface area contributed by atoms with Crippen LogP contribution in [0.2, 0.25) is 5.02 Å². The molecule has 2 rings (SSSR count). The lowest BCUT2D eigenvalue weighted by Crippen LogP contribution is -1.84. The zero-order valence-corrected chi connectivity index (χ0v) is 9.53. The number of hydrogen-bond acceptors (Lipinski definition) is 2. The molecule has 0 aliphatic rings. The molecule has 0 spiro atoms. The number of ether oxygens (including phenoxy) is 1. The molecule has 0 unspecified atom stereocenters. The predicted octanol–water partition coefficient (Wildman–Crippen LogP) is 4.15. The molecule has 0 atom stereocenters. The van der Waals surface area contributed by atoms with Crippen LogP contribution in [0.15, 0.2) is 42.5 Å². The first-order chi connectivity index (χ1) is 7.65. The van der Waals surface area contributed by atoms with Crippen LogP contribution in [-0.4, -0.2) is 5.11 Å². The van der Waals surface area contributed by atoms with Crippen LogP contribution in [-0.2, 0) is 0 Å². The molecule has 16 heavy (non-hydrogen) atoms. The summed E-state index contributed by atoms with van der Waals surface area (Å²) in [5, 5.41) is 9.54. The Bertz CT molecular complexity index is 492. The predicted molar refractivity (Wildman–Crippen MR) is 64.4 cm³/mol. The Morgan fingerprint density at radius 2 is 1.62 bits per heavy atom. The molecule has 0 saturated carbocycles. The normalized spacial score (nSPS) is 10.1. The highest BCUT2D eigenvalue weighted by molar-refractivity contribution is 6.32. The molecule has 2 aromatic rings. The minimum atomic E-state index is 0.0536. The maximum atomic E-state index is 9.26. The Labute approximate surface area is 99.1 Å². The van der Waals surface area contributed by atoms with E-state index in [1.54, 1.807) is 12.1 Å². The molecule has 82 valence electrons. The van der Waals surface area contributed by atoms with Crippen LogP contribution in [0.1, 0.15) is 5.56 Å². The highest BCUT2D eigenvalue weighted by Gasteiger charge is 2.01. The average Bonchev–Trinajstić information content (AvgIpc) is 2.27. The van der Waals surface area contributed by atoms with Gasteiger partial charge in [0.2, 0.25) is 0 Å². The number of phenolic OH excluding ortho intramolecular Hbond substituents is 1. The van der Waals surface area contributed by atoms with Crippen LogP contribution in [0.25, 0.3) is 0 Å². The molecule has 0 saturated heterocycles. The Morgan fingerprint density at radius 1 is 1.00 bits per heavy atom. The van der Waals surface area contributed by atoms with Gasteiger partial charge in [0, 0.05) is 6.07 Å². The molecule has 0 bridgehead atoms. The summed E-state index contributed by atoms with van der Waals surface area (Å²) >= 11 is 5.78. The Hall–Kier alpha value is -1.67. The van der Waals surface area contributed by atoms with Gasteiger partial charge in [-0.2, -0.15) is 0 Å². The van der Waals surface area contributed by atoms with Crippen molar-refractivity contribution in [3.8, 4) is 17.2 Å². The summed E-state index contributed by atoms with van der Waals surface area (Å²) in [4.78, 5) is 0. The van der Waals surface area contributed by atoms with Crippen LogP contribution in [0.3, 0.4) is 0 Å². The monoisotopic (exact) mass is 234 g/mol. The van der Waals surface area contributed by atoms with Crippen molar-refractivity contribution < 1.29 is 9.84 Å². The molecule has 0 aliphatic carbocycles. The fourth-order valence-electron chi connectivity index (χ4n) is 1.29. The van der Waals surface area contributed by atoms with Gasteiger partial charge in [-0.1, -0.05) is 29.3 Å². The third-order valence-corrected chi connectivity index (χ3v) is 2.48. The van der Waals surface area contributed by atoms with Gasteiger partial charge in [-0.25, -0.2) is 0 Å². The van der Waals surface area contributed by atoms with Gasteiger partial charge in [-0.05, 0) is 31.2 Å². The highest BCUT2D eigenvalue weighted by Crippen LogP contribution is 2.30. The van der Waals surface area contributed by atoms with Crippen molar-refractivity contribution in [2.45, 2.75) is 6.92 Å². The van der Waals surface area contributed by atoms with Gasteiger partial charge in [-0.3, -0.25) is 0 Å². The van der Waals surface area contributed by atoms with Gasteiger partial charge in [0.1, 0.15) is 17.2 Å². The number of aryl methyl sites for hydroxylation is 1. The molecule has 1 N–H and O–H groups in total. The van der Waals surface area contributed by atoms with Gasteiger partial charge >= 0.3 is 0 Å². The van der Waals surface area contributed by atoms with E-state index in [0.29, 0.717) is 5.75 Å². The zero-order chi connectivity index (χ0) is 11.5. The summed E-state index contributed by atoms with van der Waals surface area (Å²) in [6.45, 7) is 2.02. The van der Waals surface area contributed by atoms with Crippen molar-refractivity contribution in [2.24, 2.45) is 0 Å². The van der Waals surface area contributed by atoms with E-state index in [1.165, 1.54) is 11.6 Å². The summed E-state index contributed by atoms with van der Waals surface area (Å²) < 4.78 is 5.57. The summed E-state index contributed by atoms with van der Waals surface area (Å²) in [7, 11) is 0. The third-order valence-electron chi connectivity index (χ3n) is 2.18. The quantitative estimate of drug-likeness (QED) is 0.846. The van der Waals surface area contributed by atoms with E-state index in [4.69, 9.17) is 16.3 Å². The van der Waals surface area contributed by atoms with Crippen molar-refractivity contribution in [3.05, 3.63) is 53.1 Å². The van der Waals surface area contributed by atoms with E-state index >= 15 is 0 Å². The second-order valence-electron chi connectivity index (χ2n) is 3.53. The largest absolute Gasteiger partial charge is 0.506 e. The van der Waals surface area contributed by atoms with Crippen molar-refractivity contribution >= 4 is 11.6 Å². The van der Waals surface area contributed by atoms with Crippen molar-refractivity contribution in [1.82, 2.24) is 0 Å². The van der Waals surface area contributed by atoms with Gasteiger partial charge in [0.25, 0.3) is 0 Å². The SMILES string of the molecule is Cc1ccc(Oc2ccc(O)c(Cl)c2)cc1. The maximum Gasteiger partial charge on any atom is 0.134 e. The van der Waals surface area contributed by atoms with Crippen LogP contribution < -0.4 is 4.74 Å². The number of rotatable bonds is 2. The van der Waals surface area contributed by atoms with Crippen LogP contribution in [0, 0.1) is 6.92 Å². The van der Waals surface area contributed by atoms with E-state index in [9.17, 15) is 5.11 Å². The number of benzene rings is 2. The average molecular weight is 235 g/mol. The molecule has 0 aliphatic heterocycles. The topological polar surface area (TPSA) is 29.5 Å². The van der Waals surface area contributed by atoms with E-state index in [0.717, 1.165) is 5.75 Å². The Morgan fingerprint density at radius 3 is 2.25 bits per heavy atom. The lowest BCUT2D eigenvalue weighted by molar-refractivity contribution is 0.464. The first-order valence-corrected chi connectivity index (χ1v) is 5.26. The number of phenols is 1. The summed E-state index contributed by atoms with van der Waals surface area (Å²) in [5.41, 5.74) is 1.18. The smallest absolute Gasteiger partial charge is 0.134 e. The lowest BCUT2D eigenvalue weighted by Gasteiger charge is -2.06. The van der Waals surface area contributed by atoms with E-state index in [2.05, 4.69) is 0 Å². The molecule has 0 radical (unpaired) electrons. The highest BCUT2D eigenvalue weighted by atomic mass is 35.5. The first-order valence-electron chi connectivity index (χ1n) is 4.88. The fourth-order valence-corrected chi connectivity index (χ4v) is 1.46. The molecule has 2 nitrogen and oxygen atoms in total. The fraction of sp³-hybridized carbons (Fsp3) is 0.0769. The number of aromatic hydroxyl groups is 1. The lowest BCUT2D eigenvalue weighted by atomic mass is 10.2.